The van der Waals surface area contributed by atoms with Crippen molar-refractivity contribution in [2.24, 2.45) is 0 Å². The van der Waals surface area contributed by atoms with Gasteiger partial charge in [-0.1, -0.05) is 18.2 Å². The van der Waals surface area contributed by atoms with Crippen LogP contribution >= 0.6 is 0 Å². The van der Waals surface area contributed by atoms with Crippen molar-refractivity contribution >= 4 is 5.78 Å². The molecule has 3 rings (SSSR count). The van der Waals surface area contributed by atoms with Crippen molar-refractivity contribution in [1.29, 1.82) is 0 Å². The molecule has 1 heterocycles. The fourth-order valence-electron chi connectivity index (χ4n) is 2.70. The van der Waals surface area contributed by atoms with E-state index in [0.29, 0.717) is 18.1 Å². The van der Waals surface area contributed by atoms with Crippen LogP contribution in [0.2, 0.25) is 0 Å². The van der Waals surface area contributed by atoms with Gasteiger partial charge in [0, 0.05) is 5.56 Å². The summed E-state index contributed by atoms with van der Waals surface area (Å²) in [5, 5.41) is 0. The van der Waals surface area contributed by atoms with Gasteiger partial charge in [-0.2, -0.15) is 0 Å². The van der Waals surface area contributed by atoms with E-state index in [9.17, 15) is 4.79 Å². The maximum absolute atomic E-state index is 12.4. The lowest BCUT2D eigenvalue weighted by atomic mass is 9.83. The van der Waals surface area contributed by atoms with E-state index in [1.807, 2.05) is 18.2 Å². The zero-order valence-corrected chi connectivity index (χ0v) is 10.8. The van der Waals surface area contributed by atoms with E-state index in [1.165, 1.54) is 13.2 Å². The first-order valence-electron chi connectivity index (χ1n) is 6.01. The van der Waals surface area contributed by atoms with Crippen LogP contribution in [0.3, 0.4) is 0 Å². The van der Waals surface area contributed by atoms with Crippen LogP contribution < -0.4 is 4.74 Å². The number of hydrogen-bond acceptors (Lipinski definition) is 4. The highest BCUT2D eigenvalue weighted by molar-refractivity contribution is 6.02. The summed E-state index contributed by atoms with van der Waals surface area (Å²) in [6.45, 7) is 0.368. The van der Waals surface area contributed by atoms with Crippen LogP contribution in [0, 0.1) is 0 Å². The van der Waals surface area contributed by atoms with Crippen molar-refractivity contribution in [2.75, 3.05) is 14.2 Å². The molecule has 1 spiro atoms. The van der Waals surface area contributed by atoms with Gasteiger partial charge >= 0.3 is 0 Å². The average molecular weight is 258 g/mol. The highest BCUT2D eigenvalue weighted by Crippen LogP contribution is 2.48. The molecule has 0 amide bonds. The first kappa shape index (κ1) is 12.0. The fraction of sp³-hybridized carbons (Fsp3) is 0.267. The molecule has 0 saturated carbocycles. The van der Waals surface area contributed by atoms with E-state index < -0.39 is 5.60 Å². The highest BCUT2D eigenvalue weighted by Gasteiger charge is 2.52. The number of carbonyl (C=O) groups excluding carboxylic acids is 1. The predicted molar refractivity (Wildman–Crippen MR) is 68.7 cm³/mol. The smallest absolute Gasteiger partial charge is 0.216 e. The van der Waals surface area contributed by atoms with E-state index in [0.717, 1.165) is 11.1 Å². The van der Waals surface area contributed by atoms with Crippen molar-refractivity contribution in [1.82, 2.24) is 0 Å². The molecule has 19 heavy (non-hydrogen) atoms. The molecule has 1 aromatic carbocycles. The molecule has 0 radical (unpaired) electrons. The molecule has 1 unspecified atom stereocenters. The Kier molecular flexibility index (Phi) is 2.68. The Morgan fingerprint density at radius 2 is 2.11 bits per heavy atom. The van der Waals surface area contributed by atoms with Crippen LogP contribution in [0.15, 0.2) is 42.2 Å². The maximum Gasteiger partial charge on any atom is 0.216 e. The standard InChI is InChI=1S/C15H14O4/c1-17-11-6-3-5-10-9-19-15(14(10)11)12(16)7-4-8-13(15)18-2/h3-8H,9H2,1-2H3. The lowest BCUT2D eigenvalue weighted by molar-refractivity contribution is -0.139. The van der Waals surface area contributed by atoms with Gasteiger partial charge in [-0.05, 0) is 23.8 Å². The number of ether oxygens (including phenoxy) is 3. The van der Waals surface area contributed by atoms with Crippen molar-refractivity contribution in [3.63, 3.8) is 0 Å². The highest BCUT2D eigenvalue weighted by atomic mass is 16.6. The van der Waals surface area contributed by atoms with Crippen molar-refractivity contribution < 1.29 is 19.0 Å². The number of rotatable bonds is 2. The van der Waals surface area contributed by atoms with Crippen LogP contribution in [0.25, 0.3) is 0 Å². The number of benzene rings is 1. The number of hydrogen-bond donors (Lipinski definition) is 0. The fourth-order valence-corrected chi connectivity index (χ4v) is 2.70. The number of fused-ring (bicyclic) bond motifs is 2. The van der Waals surface area contributed by atoms with Gasteiger partial charge in [0.15, 0.2) is 5.78 Å². The first-order chi connectivity index (χ1) is 9.24. The molecular formula is C15H14O4. The molecule has 1 atom stereocenters. The van der Waals surface area contributed by atoms with E-state index in [4.69, 9.17) is 14.2 Å². The Morgan fingerprint density at radius 1 is 1.26 bits per heavy atom. The van der Waals surface area contributed by atoms with Crippen molar-refractivity contribution in [3.05, 3.63) is 53.3 Å². The van der Waals surface area contributed by atoms with Crippen LogP contribution in [-0.4, -0.2) is 20.0 Å². The van der Waals surface area contributed by atoms with Gasteiger partial charge in [-0.3, -0.25) is 4.79 Å². The molecule has 1 aromatic rings. The van der Waals surface area contributed by atoms with Gasteiger partial charge in [0.05, 0.1) is 20.8 Å². The third-order valence-electron chi connectivity index (χ3n) is 3.54. The van der Waals surface area contributed by atoms with Crippen LogP contribution in [0.1, 0.15) is 11.1 Å². The summed E-state index contributed by atoms with van der Waals surface area (Å²) in [7, 11) is 3.12. The molecule has 98 valence electrons. The maximum atomic E-state index is 12.4. The average Bonchev–Trinajstić information content (AvgIpc) is 2.83. The zero-order valence-electron chi connectivity index (χ0n) is 10.8. The predicted octanol–water partition coefficient (Wildman–Crippen LogP) is 2.09. The number of ketones is 1. The normalized spacial score (nSPS) is 24.3. The second-order valence-corrected chi connectivity index (χ2v) is 4.42. The molecule has 1 aliphatic heterocycles. The van der Waals surface area contributed by atoms with Gasteiger partial charge in [0.1, 0.15) is 11.5 Å². The molecule has 0 aromatic heterocycles. The number of allylic oxidation sites excluding steroid dienone is 2. The lowest BCUT2D eigenvalue weighted by Gasteiger charge is -2.31. The molecular weight excluding hydrogens is 244 g/mol. The Hall–Kier alpha value is -2.07. The van der Waals surface area contributed by atoms with Gasteiger partial charge < -0.3 is 14.2 Å². The third kappa shape index (κ3) is 1.47. The molecule has 4 nitrogen and oxygen atoms in total. The second-order valence-electron chi connectivity index (χ2n) is 4.42. The lowest BCUT2D eigenvalue weighted by Crippen LogP contribution is -2.39. The summed E-state index contributed by atoms with van der Waals surface area (Å²) < 4.78 is 16.6. The Morgan fingerprint density at radius 3 is 2.84 bits per heavy atom. The Labute approximate surface area is 111 Å². The summed E-state index contributed by atoms with van der Waals surface area (Å²) in [4.78, 5) is 12.4. The number of carbonyl (C=O) groups is 1. The van der Waals surface area contributed by atoms with Gasteiger partial charge in [0.2, 0.25) is 5.60 Å². The van der Waals surface area contributed by atoms with E-state index in [-0.39, 0.29) is 5.78 Å². The summed E-state index contributed by atoms with van der Waals surface area (Å²) >= 11 is 0. The monoisotopic (exact) mass is 258 g/mol. The Bertz CT molecular complexity index is 600. The zero-order chi connectivity index (χ0) is 13.5. The minimum atomic E-state index is -1.19. The quantitative estimate of drug-likeness (QED) is 0.814. The van der Waals surface area contributed by atoms with Crippen molar-refractivity contribution in [3.8, 4) is 5.75 Å². The summed E-state index contributed by atoms with van der Waals surface area (Å²) in [5.74, 6) is 0.986. The van der Waals surface area contributed by atoms with Gasteiger partial charge in [0.25, 0.3) is 0 Å². The first-order valence-corrected chi connectivity index (χ1v) is 6.01. The minimum absolute atomic E-state index is 0.143. The summed E-state index contributed by atoms with van der Waals surface area (Å²) in [6, 6.07) is 5.65. The summed E-state index contributed by atoms with van der Waals surface area (Å²) in [5.41, 5.74) is 0.511. The SMILES string of the molecule is COC1=CC=CC(=O)C12OCc1cccc(OC)c12. The van der Waals surface area contributed by atoms with Crippen LogP contribution in [0.4, 0.5) is 0 Å². The van der Waals surface area contributed by atoms with E-state index >= 15 is 0 Å². The minimum Gasteiger partial charge on any atom is -0.497 e. The Balaban J connectivity index is 2.27. The molecule has 0 saturated heterocycles. The van der Waals surface area contributed by atoms with Gasteiger partial charge in [-0.25, -0.2) is 0 Å². The van der Waals surface area contributed by atoms with E-state index in [2.05, 4.69) is 0 Å². The molecule has 0 fully saturated rings. The largest absolute Gasteiger partial charge is 0.497 e. The molecule has 1 aliphatic carbocycles. The topological polar surface area (TPSA) is 44.8 Å². The third-order valence-corrected chi connectivity index (χ3v) is 3.54. The van der Waals surface area contributed by atoms with Crippen molar-refractivity contribution in [2.45, 2.75) is 12.2 Å². The van der Waals surface area contributed by atoms with Crippen LogP contribution in [-0.2, 0) is 26.5 Å². The molecule has 0 bridgehead atoms. The molecule has 2 aliphatic rings. The molecule has 4 heteroatoms. The van der Waals surface area contributed by atoms with E-state index in [1.54, 1.807) is 19.3 Å². The van der Waals surface area contributed by atoms with Crippen LogP contribution in [0.5, 0.6) is 5.75 Å². The summed E-state index contributed by atoms with van der Waals surface area (Å²) in [6.07, 6.45) is 4.93. The molecule has 0 N–H and O–H groups in total. The van der Waals surface area contributed by atoms with Gasteiger partial charge in [-0.15, -0.1) is 0 Å². The second kappa shape index (κ2) is 4.24. The number of methoxy groups -OCH3 is 2.